The van der Waals surface area contributed by atoms with E-state index in [9.17, 15) is 4.79 Å². The van der Waals surface area contributed by atoms with Crippen molar-refractivity contribution >= 4 is 17.6 Å². The predicted molar refractivity (Wildman–Crippen MR) is 157 cm³/mol. The van der Waals surface area contributed by atoms with Gasteiger partial charge in [-0.05, 0) is 72.9 Å². The molecule has 0 saturated carbocycles. The Morgan fingerprint density at radius 2 is 1.23 bits per heavy atom. The first kappa shape index (κ1) is 30.4. The van der Waals surface area contributed by atoms with Crippen molar-refractivity contribution in [2.75, 3.05) is 19.8 Å². The summed E-state index contributed by atoms with van der Waals surface area (Å²) in [5.74, 6) is 1.74. The van der Waals surface area contributed by atoms with Crippen LogP contribution in [0.4, 0.5) is 0 Å². The smallest absolute Gasteiger partial charge is 0.355 e. The van der Waals surface area contributed by atoms with Crippen molar-refractivity contribution in [2.45, 2.75) is 71.3 Å². The number of carbonyl (C=O) groups is 1. The molecule has 0 amide bonds. The van der Waals surface area contributed by atoms with Crippen molar-refractivity contribution in [1.29, 1.82) is 0 Å². The molecule has 1 unspecified atom stereocenters. The molecular weight excluding hydrogens is 512 g/mol. The third kappa shape index (κ3) is 8.66. The van der Waals surface area contributed by atoms with Crippen molar-refractivity contribution in [3.63, 3.8) is 0 Å². The third-order valence-corrected chi connectivity index (χ3v) is 6.71. The summed E-state index contributed by atoms with van der Waals surface area (Å²) in [5, 5.41) is 0.680. The van der Waals surface area contributed by atoms with Crippen molar-refractivity contribution in [3.8, 4) is 17.2 Å². The quantitative estimate of drug-likeness (QED) is 0.148. The van der Waals surface area contributed by atoms with Crippen molar-refractivity contribution in [2.24, 2.45) is 0 Å². The minimum absolute atomic E-state index is 0.0246. The molecule has 0 radical (unpaired) electrons. The molecular formula is C33H41ClO5. The van der Waals surface area contributed by atoms with Gasteiger partial charge in [0.15, 0.2) is 0 Å². The van der Waals surface area contributed by atoms with Gasteiger partial charge in [-0.15, -0.1) is 0 Å². The van der Waals surface area contributed by atoms with Crippen LogP contribution in [0.1, 0.15) is 71.4 Å². The molecule has 6 heteroatoms. The maximum absolute atomic E-state index is 13.5. The molecule has 0 aliphatic carbocycles. The highest BCUT2D eigenvalue weighted by atomic mass is 35.5. The van der Waals surface area contributed by atoms with Gasteiger partial charge < -0.3 is 18.9 Å². The molecule has 0 aliphatic rings. The van der Waals surface area contributed by atoms with Crippen LogP contribution in [0.3, 0.4) is 0 Å². The van der Waals surface area contributed by atoms with Gasteiger partial charge in [-0.2, -0.15) is 0 Å². The molecule has 0 heterocycles. The molecule has 0 aromatic heterocycles. The van der Waals surface area contributed by atoms with Crippen LogP contribution < -0.4 is 14.2 Å². The topological polar surface area (TPSA) is 54.0 Å². The van der Waals surface area contributed by atoms with E-state index in [1.807, 2.05) is 55.5 Å². The highest BCUT2D eigenvalue weighted by molar-refractivity contribution is 6.30. The van der Waals surface area contributed by atoms with Crippen LogP contribution in [0.15, 0.2) is 72.8 Å². The molecule has 1 atom stereocenters. The van der Waals surface area contributed by atoms with Crippen LogP contribution in [0, 0.1) is 0 Å². The van der Waals surface area contributed by atoms with E-state index in [1.54, 1.807) is 12.1 Å². The number of ether oxygens (including phenoxy) is 4. The molecule has 0 bridgehead atoms. The summed E-state index contributed by atoms with van der Waals surface area (Å²) in [7, 11) is 0. The molecule has 5 nitrogen and oxygen atoms in total. The zero-order chi connectivity index (χ0) is 28.3. The Kier molecular flexibility index (Phi) is 11.1. The number of unbranched alkanes of at least 4 members (excludes halogenated alkanes) is 1. The van der Waals surface area contributed by atoms with Crippen LogP contribution in [0.5, 0.6) is 17.2 Å². The first-order valence-corrected chi connectivity index (χ1v) is 14.1. The monoisotopic (exact) mass is 552 g/mol. The predicted octanol–water partition coefficient (Wildman–Crippen LogP) is 8.51. The van der Waals surface area contributed by atoms with Crippen LogP contribution in [0.2, 0.25) is 5.02 Å². The Morgan fingerprint density at radius 1 is 0.718 bits per heavy atom. The largest absolute Gasteiger partial charge is 0.493 e. The van der Waals surface area contributed by atoms with Gasteiger partial charge in [-0.25, -0.2) is 4.79 Å². The van der Waals surface area contributed by atoms with Crippen molar-refractivity contribution in [1.82, 2.24) is 0 Å². The summed E-state index contributed by atoms with van der Waals surface area (Å²) in [6, 6.07) is 22.8. The Bertz CT molecular complexity index is 1150. The van der Waals surface area contributed by atoms with Gasteiger partial charge in [-0.1, -0.05) is 70.0 Å². The summed E-state index contributed by atoms with van der Waals surface area (Å²) >= 11 is 5.91. The number of hydrogen-bond acceptors (Lipinski definition) is 5. The number of rotatable bonds is 14. The first-order chi connectivity index (χ1) is 18.7. The first-order valence-electron chi connectivity index (χ1n) is 13.8. The summed E-state index contributed by atoms with van der Waals surface area (Å²) in [4.78, 5) is 13.5. The number of halogens is 1. The average Bonchev–Trinajstić information content (AvgIpc) is 2.92. The molecule has 0 fully saturated rings. The van der Waals surface area contributed by atoms with Gasteiger partial charge >= 0.3 is 5.97 Å². The van der Waals surface area contributed by atoms with Crippen molar-refractivity contribution in [3.05, 3.63) is 88.9 Å². The Balaban J connectivity index is 1.73. The van der Waals surface area contributed by atoms with Gasteiger partial charge in [0, 0.05) is 23.4 Å². The molecule has 210 valence electrons. The standard InChI is InChI=1S/C33H41ClO5/c1-6-8-22-33(31(35)36-7-2,39-30-18-10-25(11-19-30)32(3,4)5)26-12-16-28(17-13-26)37-23-9-24-38-29-20-14-27(34)15-21-29/h10-21H,6-9,22-24H2,1-5H3. The maximum atomic E-state index is 13.5. The molecule has 3 aromatic carbocycles. The summed E-state index contributed by atoms with van der Waals surface area (Å²) in [6.45, 7) is 11.7. The van der Waals surface area contributed by atoms with E-state index in [0.29, 0.717) is 36.2 Å². The second kappa shape index (κ2) is 14.3. The second-order valence-corrected chi connectivity index (χ2v) is 11.0. The molecule has 0 saturated heterocycles. The SMILES string of the molecule is CCCCC(Oc1ccc(C(C)(C)C)cc1)(C(=O)OCC)c1ccc(OCCCOc2ccc(Cl)cc2)cc1. The van der Waals surface area contributed by atoms with E-state index in [0.717, 1.165) is 30.6 Å². The van der Waals surface area contributed by atoms with Gasteiger partial charge in [0.05, 0.1) is 19.8 Å². The fourth-order valence-electron chi connectivity index (χ4n) is 4.20. The molecule has 0 spiro atoms. The van der Waals surface area contributed by atoms with E-state index in [-0.39, 0.29) is 18.0 Å². The van der Waals surface area contributed by atoms with E-state index in [1.165, 1.54) is 5.56 Å². The average molecular weight is 553 g/mol. The maximum Gasteiger partial charge on any atom is 0.355 e. The lowest BCUT2D eigenvalue weighted by atomic mass is 9.86. The van der Waals surface area contributed by atoms with Gasteiger partial charge in [-0.3, -0.25) is 0 Å². The van der Waals surface area contributed by atoms with E-state index in [2.05, 4.69) is 39.8 Å². The fraction of sp³-hybridized carbons (Fsp3) is 0.424. The third-order valence-electron chi connectivity index (χ3n) is 6.46. The molecule has 0 aliphatic heterocycles. The minimum atomic E-state index is -1.25. The van der Waals surface area contributed by atoms with Crippen LogP contribution in [0.25, 0.3) is 0 Å². The van der Waals surface area contributed by atoms with Crippen LogP contribution >= 0.6 is 11.6 Å². The van der Waals surface area contributed by atoms with E-state index in [4.69, 9.17) is 30.5 Å². The molecule has 39 heavy (non-hydrogen) atoms. The lowest BCUT2D eigenvalue weighted by Crippen LogP contribution is -2.43. The van der Waals surface area contributed by atoms with Gasteiger partial charge in [0.25, 0.3) is 0 Å². The van der Waals surface area contributed by atoms with Gasteiger partial charge in [0.2, 0.25) is 5.60 Å². The lowest BCUT2D eigenvalue weighted by molar-refractivity contribution is -0.164. The minimum Gasteiger partial charge on any atom is -0.493 e. The molecule has 3 aromatic rings. The Morgan fingerprint density at radius 3 is 1.74 bits per heavy atom. The van der Waals surface area contributed by atoms with Crippen molar-refractivity contribution < 1.29 is 23.7 Å². The van der Waals surface area contributed by atoms with E-state index >= 15 is 0 Å². The van der Waals surface area contributed by atoms with Crippen LogP contribution in [-0.4, -0.2) is 25.8 Å². The summed E-state index contributed by atoms with van der Waals surface area (Å²) < 4.78 is 23.7. The highest BCUT2D eigenvalue weighted by Crippen LogP contribution is 2.36. The van der Waals surface area contributed by atoms with Gasteiger partial charge in [0.1, 0.15) is 17.2 Å². The normalized spacial score (nSPS) is 12.9. The fourth-order valence-corrected chi connectivity index (χ4v) is 4.33. The molecule has 3 rings (SSSR count). The Labute approximate surface area is 238 Å². The van der Waals surface area contributed by atoms with E-state index < -0.39 is 5.60 Å². The number of benzene rings is 3. The summed E-state index contributed by atoms with van der Waals surface area (Å²) in [6.07, 6.45) is 2.96. The number of esters is 1. The zero-order valence-electron chi connectivity index (χ0n) is 23.8. The second-order valence-electron chi connectivity index (χ2n) is 10.6. The summed E-state index contributed by atoms with van der Waals surface area (Å²) in [5.41, 5.74) is 0.717. The lowest BCUT2D eigenvalue weighted by Gasteiger charge is -2.33. The number of hydrogen-bond donors (Lipinski definition) is 0. The molecule has 0 N–H and O–H groups in total. The van der Waals surface area contributed by atoms with Crippen LogP contribution in [-0.2, 0) is 20.5 Å². The number of carbonyl (C=O) groups excluding carboxylic acids is 1. The Hall–Kier alpha value is -3.18. The zero-order valence-corrected chi connectivity index (χ0v) is 24.6. The highest BCUT2D eigenvalue weighted by Gasteiger charge is 2.44.